The van der Waals surface area contributed by atoms with E-state index in [4.69, 9.17) is 4.74 Å². The molecule has 0 aromatic carbocycles. The number of unbranched alkanes of at least 4 members (excludes halogenated alkanes) is 2. The van der Waals surface area contributed by atoms with Crippen molar-refractivity contribution in [3.8, 4) is 0 Å². The Bertz CT molecular complexity index is 181. The summed E-state index contributed by atoms with van der Waals surface area (Å²) in [4.78, 5) is 0. The molecule has 0 bridgehead atoms. The predicted octanol–water partition coefficient (Wildman–Crippen LogP) is 3.65. The summed E-state index contributed by atoms with van der Waals surface area (Å²) in [6.45, 7) is 2.24. The Labute approximate surface area is 81.2 Å². The van der Waals surface area contributed by atoms with E-state index in [0.717, 1.165) is 5.92 Å². The Balaban J connectivity index is 1.81. The third-order valence-corrected chi connectivity index (χ3v) is 3.29. The van der Waals surface area contributed by atoms with E-state index in [-0.39, 0.29) is 0 Å². The van der Waals surface area contributed by atoms with Gasteiger partial charge >= 0.3 is 0 Å². The first kappa shape index (κ1) is 9.11. The van der Waals surface area contributed by atoms with Gasteiger partial charge < -0.3 is 4.74 Å². The van der Waals surface area contributed by atoms with Crippen molar-refractivity contribution >= 4 is 0 Å². The summed E-state index contributed by atoms with van der Waals surface area (Å²) < 4.78 is 5.89. The van der Waals surface area contributed by atoms with Crippen molar-refractivity contribution in [2.24, 2.45) is 5.92 Å². The Hall–Kier alpha value is -0.460. The first-order valence-corrected chi connectivity index (χ1v) is 5.76. The molecule has 2 aliphatic rings. The van der Waals surface area contributed by atoms with Crippen molar-refractivity contribution in [1.29, 1.82) is 0 Å². The fourth-order valence-electron chi connectivity index (χ4n) is 2.49. The lowest BCUT2D eigenvalue weighted by atomic mass is 10.0. The van der Waals surface area contributed by atoms with E-state index < -0.39 is 0 Å². The molecule has 1 aliphatic heterocycles. The number of fused-ring (bicyclic) bond motifs is 1. The smallest absolute Gasteiger partial charge is 0.101 e. The van der Waals surface area contributed by atoms with E-state index >= 15 is 0 Å². The van der Waals surface area contributed by atoms with Gasteiger partial charge in [0.2, 0.25) is 0 Å². The van der Waals surface area contributed by atoms with Crippen LogP contribution in [0.5, 0.6) is 0 Å². The van der Waals surface area contributed by atoms with Gasteiger partial charge in [-0.05, 0) is 38.2 Å². The van der Waals surface area contributed by atoms with Crippen molar-refractivity contribution in [3.63, 3.8) is 0 Å². The van der Waals surface area contributed by atoms with Gasteiger partial charge in [0.1, 0.15) is 6.10 Å². The van der Waals surface area contributed by atoms with Crippen LogP contribution in [0.4, 0.5) is 0 Å². The standard InChI is InChI=1S/C12H20O/c1-2-3-4-7-11-9-10-6-5-8-12(10)13-11/h7,10,12H,2-6,8-9H2,1H3/b11-7-/t10-,12-/m1/s1. The van der Waals surface area contributed by atoms with Crippen LogP contribution in [0.25, 0.3) is 0 Å². The molecule has 1 heterocycles. The largest absolute Gasteiger partial charge is 0.495 e. The van der Waals surface area contributed by atoms with Gasteiger partial charge in [-0.1, -0.05) is 13.3 Å². The molecule has 74 valence electrons. The molecule has 2 fully saturated rings. The van der Waals surface area contributed by atoms with Crippen molar-refractivity contribution in [1.82, 2.24) is 0 Å². The lowest BCUT2D eigenvalue weighted by Crippen LogP contribution is -2.06. The molecule has 13 heavy (non-hydrogen) atoms. The fourth-order valence-corrected chi connectivity index (χ4v) is 2.49. The van der Waals surface area contributed by atoms with Gasteiger partial charge in [-0.2, -0.15) is 0 Å². The molecule has 0 aromatic heterocycles. The normalized spacial score (nSPS) is 35.0. The lowest BCUT2D eigenvalue weighted by Gasteiger charge is -2.06. The maximum atomic E-state index is 5.89. The van der Waals surface area contributed by atoms with Gasteiger partial charge in [0.05, 0.1) is 5.76 Å². The minimum atomic E-state index is 0.591. The van der Waals surface area contributed by atoms with Crippen molar-refractivity contribution < 1.29 is 4.74 Å². The molecule has 0 unspecified atom stereocenters. The van der Waals surface area contributed by atoms with Crippen LogP contribution in [0, 0.1) is 5.92 Å². The molecule has 0 spiro atoms. The van der Waals surface area contributed by atoms with Gasteiger partial charge in [-0.15, -0.1) is 0 Å². The highest BCUT2D eigenvalue weighted by Gasteiger charge is 2.35. The molecule has 0 aromatic rings. The van der Waals surface area contributed by atoms with Crippen molar-refractivity contribution in [2.45, 2.75) is 58.0 Å². The van der Waals surface area contributed by atoms with E-state index in [1.807, 2.05) is 0 Å². The molecule has 2 atom stereocenters. The van der Waals surface area contributed by atoms with Gasteiger partial charge in [-0.25, -0.2) is 0 Å². The van der Waals surface area contributed by atoms with Crippen molar-refractivity contribution in [2.75, 3.05) is 0 Å². The fraction of sp³-hybridized carbons (Fsp3) is 0.833. The zero-order valence-corrected chi connectivity index (χ0v) is 8.59. The third-order valence-electron chi connectivity index (χ3n) is 3.29. The SMILES string of the molecule is CCCC/C=C1/C[C@H]2CCC[C@H]2O1. The van der Waals surface area contributed by atoms with E-state index in [9.17, 15) is 0 Å². The summed E-state index contributed by atoms with van der Waals surface area (Å²) in [5.41, 5.74) is 0. The first-order valence-electron chi connectivity index (χ1n) is 5.76. The maximum absolute atomic E-state index is 5.89. The zero-order valence-electron chi connectivity index (χ0n) is 8.59. The number of hydrogen-bond donors (Lipinski definition) is 0. The highest BCUT2D eigenvalue weighted by molar-refractivity contribution is 5.04. The van der Waals surface area contributed by atoms with Gasteiger partial charge in [0.25, 0.3) is 0 Å². The highest BCUT2D eigenvalue weighted by Crippen LogP contribution is 2.40. The van der Waals surface area contributed by atoms with E-state index in [1.165, 1.54) is 50.7 Å². The Morgan fingerprint density at radius 3 is 3.15 bits per heavy atom. The molecule has 1 heteroatoms. The van der Waals surface area contributed by atoms with Gasteiger partial charge in [0, 0.05) is 12.3 Å². The molecule has 1 saturated heterocycles. The molecule has 0 amide bonds. The number of rotatable bonds is 3. The second-order valence-corrected chi connectivity index (χ2v) is 4.36. The minimum Gasteiger partial charge on any atom is -0.495 e. The van der Waals surface area contributed by atoms with Gasteiger partial charge in [-0.3, -0.25) is 0 Å². The van der Waals surface area contributed by atoms with E-state index in [1.54, 1.807) is 0 Å². The van der Waals surface area contributed by atoms with Crippen LogP contribution in [-0.4, -0.2) is 6.10 Å². The number of hydrogen-bond acceptors (Lipinski definition) is 1. The second-order valence-electron chi connectivity index (χ2n) is 4.36. The van der Waals surface area contributed by atoms with Crippen LogP contribution < -0.4 is 0 Å². The van der Waals surface area contributed by atoms with E-state index in [0.29, 0.717) is 6.10 Å². The average molecular weight is 180 g/mol. The molecule has 1 aliphatic carbocycles. The first-order chi connectivity index (χ1) is 6.40. The monoisotopic (exact) mass is 180 g/mol. The van der Waals surface area contributed by atoms with Crippen LogP contribution in [0.2, 0.25) is 0 Å². The predicted molar refractivity (Wildman–Crippen MR) is 54.4 cm³/mol. The van der Waals surface area contributed by atoms with Gasteiger partial charge in [0.15, 0.2) is 0 Å². The molecular weight excluding hydrogens is 160 g/mol. The van der Waals surface area contributed by atoms with Crippen molar-refractivity contribution in [3.05, 3.63) is 11.8 Å². The average Bonchev–Trinajstić information content (AvgIpc) is 2.64. The summed E-state index contributed by atoms with van der Waals surface area (Å²) in [5.74, 6) is 2.16. The van der Waals surface area contributed by atoms with Crippen LogP contribution in [-0.2, 0) is 4.74 Å². The molecule has 0 radical (unpaired) electrons. The summed E-state index contributed by atoms with van der Waals surface area (Å²) >= 11 is 0. The zero-order chi connectivity index (χ0) is 9.10. The highest BCUT2D eigenvalue weighted by atomic mass is 16.5. The topological polar surface area (TPSA) is 9.23 Å². The minimum absolute atomic E-state index is 0.591. The van der Waals surface area contributed by atoms with Crippen LogP contribution >= 0.6 is 0 Å². The van der Waals surface area contributed by atoms with E-state index in [2.05, 4.69) is 13.0 Å². The van der Waals surface area contributed by atoms with Crippen LogP contribution in [0.1, 0.15) is 51.9 Å². The molecule has 2 rings (SSSR count). The second kappa shape index (κ2) is 4.17. The third kappa shape index (κ3) is 2.07. The summed E-state index contributed by atoms with van der Waals surface area (Å²) in [7, 11) is 0. The number of ether oxygens (including phenoxy) is 1. The van der Waals surface area contributed by atoms with Crippen LogP contribution in [0.3, 0.4) is 0 Å². The molecule has 1 saturated carbocycles. The Morgan fingerprint density at radius 2 is 2.38 bits per heavy atom. The Morgan fingerprint density at radius 1 is 1.46 bits per heavy atom. The molecule has 0 N–H and O–H groups in total. The lowest BCUT2D eigenvalue weighted by molar-refractivity contribution is 0.146. The maximum Gasteiger partial charge on any atom is 0.101 e. The Kier molecular flexibility index (Phi) is 2.92. The quantitative estimate of drug-likeness (QED) is 0.602. The summed E-state index contributed by atoms with van der Waals surface area (Å²) in [6.07, 6.45) is 12.0. The molecule has 1 nitrogen and oxygen atoms in total. The summed E-state index contributed by atoms with van der Waals surface area (Å²) in [5, 5.41) is 0. The molecular formula is C12H20O. The van der Waals surface area contributed by atoms with Crippen LogP contribution in [0.15, 0.2) is 11.8 Å². The number of allylic oxidation sites excluding steroid dienone is 2. The summed E-state index contributed by atoms with van der Waals surface area (Å²) in [6, 6.07) is 0.